The summed E-state index contributed by atoms with van der Waals surface area (Å²) in [4.78, 5) is 39.9. The second kappa shape index (κ2) is 17.1. The van der Waals surface area contributed by atoms with Crippen LogP contribution in [0.1, 0.15) is 68.9 Å². The Hall–Kier alpha value is -4.86. The van der Waals surface area contributed by atoms with Gasteiger partial charge in [-0.15, -0.1) is 0 Å². The smallest absolute Gasteiger partial charge is 0.254 e. The van der Waals surface area contributed by atoms with Gasteiger partial charge in [-0.05, 0) is 103 Å². The largest absolute Gasteiger partial charge is 0.327 e. The van der Waals surface area contributed by atoms with E-state index in [2.05, 4.69) is 4.98 Å². The number of rotatable bonds is 11. The molecule has 0 aliphatic rings. The summed E-state index contributed by atoms with van der Waals surface area (Å²) in [5.74, 6) is -1.87. The molecule has 274 valence electrons. The van der Waals surface area contributed by atoms with Gasteiger partial charge < -0.3 is 9.80 Å². The average molecular weight is 805 g/mol. The van der Waals surface area contributed by atoms with Crippen molar-refractivity contribution in [1.82, 2.24) is 19.8 Å². The number of amides is 2. The zero-order chi connectivity index (χ0) is 38.5. The van der Waals surface area contributed by atoms with Gasteiger partial charge in [0.15, 0.2) is 0 Å². The molecule has 2 amide bonds. The summed E-state index contributed by atoms with van der Waals surface area (Å²) >= 11 is 26.4. The van der Waals surface area contributed by atoms with Crippen LogP contribution in [0.2, 0.25) is 20.1 Å². The van der Waals surface area contributed by atoms with Crippen molar-refractivity contribution >= 4 is 58.2 Å². The van der Waals surface area contributed by atoms with Gasteiger partial charge in [-0.2, -0.15) is 0 Å². The van der Waals surface area contributed by atoms with Crippen LogP contribution in [0, 0.1) is 11.6 Å². The molecule has 4 aromatic carbocycles. The van der Waals surface area contributed by atoms with Gasteiger partial charge in [0.25, 0.3) is 11.8 Å². The van der Waals surface area contributed by atoms with E-state index in [4.69, 9.17) is 51.4 Å². The lowest BCUT2D eigenvalue weighted by atomic mass is 10.0. The first-order valence-electron chi connectivity index (χ1n) is 16.8. The fraction of sp³-hybridized carbons (Fsp3) is 0.143. The van der Waals surface area contributed by atoms with Crippen molar-refractivity contribution in [3.63, 3.8) is 0 Å². The van der Waals surface area contributed by atoms with Gasteiger partial charge in [-0.3, -0.25) is 19.6 Å². The Bertz CT molecular complexity index is 2310. The highest BCUT2D eigenvalue weighted by atomic mass is 35.5. The lowest BCUT2D eigenvalue weighted by molar-refractivity contribution is 0.0666. The number of carbonyl (C=O) groups is 2. The Morgan fingerprint density at radius 3 is 1.78 bits per heavy atom. The molecule has 2 heterocycles. The van der Waals surface area contributed by atoms with E-state index in [0.717, 1.165) is 5.56 Å². The number of nitrogens with zero attached hydrogens (tertiary/aromatic N) is 4. The number of carbonyl (C=O) groups excluding carboxylic acids is 2. The molecule has 0 spiro atoms. The summed E-state index contributed by atoms with van der Waals surface area (Å²) in [5, 5.41) is 1.46. The molecule has 6 rings (SSSR count). The summed E-state index contributed by atoms with van der Waals surface area (Å²) < 4.78 is 28.4. The van der Waals surface area contributed by atoms with Gasteiger partial charge in [0.1, 0.15) is 11.6 Å². The number of halogens is 6. The van der Waals surface area contributed by atoms with Crippen molar-refractivity contribution in [2.24, 2.45) is 0 Å². The van der Waals surface area contributed by atoms with E-state index in [1.54, 1.807) is 83.0 Å². The molecule has 6 nitrogen and oxygen atoms in total. The van der Waals surface area contributed by atoms with Crippen LogP contribution in [0.25, 0.3) is 11.3 Å². The first-order valence-corrected chi connectivity index (χ1v) is 18.3. The minimum absolute atomic E-state index is 0.0634. The molecule has 0 saturated heterocycles. The minimum Gasteiger partial charge on any atom is -0.327 e. The number of hydrogen-bond acceptors (Lipinski definition) is 4. The van der Waals surface area contributed by atoms with Crippen LogP contribution in [-0.4, -0.2) is 31.6 Å². The molecule has 0 N–H and O–H groups in total. The van der Waals surface area contributed by atoms with E-state index >= 15 is 0 Å². The zero-order valence-corrected chi connectivity index (χ0v) is 32.0. The molecule has 0 fully saturated rings. The maximum absolute atomic E-state index is 14.2. The molecule has 2 atom stereocenters. The highest BCUT2D eigenvalue weighted by molar-refractivity contribution is 6.39. The van der Waals surface area contributed by atoms with Crippen molar-refractivity contribution in [1.29, 1.82) is 0 Å². The molecule has 0 saturated carbocycles. The second-order valence-corrected chi connectivity index (χ2v) is 14.3. The summed E-state index contributed by atoms with van der Waals surface area (Å²) in [6.07, 6.45) is 4.94. The van der Waals surface area contributed by atoms with Crippen molar-refractivity contribution in [2.75, 3.05) is 0 Å². The Morgan fingerprint density at radius 2 is 1.24 bits per heavy atom. The highest BCUT2D eigenvalue weighted by Crippen LogP contribution is 2.38. The lowest BCUT2D eigenvalue weighted by Gasteiger charge is -2.31. The van der Waals surface area contributed by atoms with Gasteiger partial charge in [0.05, 0.1) is 27.8 Å². The molecule has 0 unspecified atom stereocenters. The lowest BCUT2D eigenvalue weighted by Crippen LogP contribution is -2.33. The third-order valence-corrected chi connectivity index (χ3v) is 10.5. The Morgan fingerprint density at radius 1 is 0.648 bits per heavy atom. The van der Waals surface area contributed by atoms with E-state index in [1.807, 2.05) is 26.0 Å². The summed E-state index contributed by atoms with van der Waals surface area (Å²) in [7, 11) is 0. The van der Waals surface area contributed by atoms with Gasteiger partial charge in [0.2, 0.25) is 0 Å². The van der Waals surface area contributed by atoms with Crippen molar-refractivity contribution < 1.29 is 18.4 Å². The minimum atomic E-state index is -0.539. The van der Waals surface area contributed by atoms with Crippen LogP contribution < -0.4 is 0 Å². The number of aromatic nitrogens is 2. The molecule has 2 aromatic heterocycles. The maximum atomic E-state index is 14.2. The van der Waals surface area contributed by atoms with E-state index < -0.39 is 35.5 Å². The monoisotopic (exact) mass is 802 g/mol. The third-order valence-electron chi connectivity index (χ3n) is 9.16. The molecule has 0 aliphatic carbocycles. The van der Waals surface area contributed by atoms with Crippen molar-refractivity contribution in [2.45, 2.75) is 39.0 Å². The predicted molar refractivity (Wildman–Crippen MR) is 210 cm³/mol. The van der Waals surface area contributed by atoms with E-state index in [1.165, 1.54) is 36.4 Å². The number of hydrogen-bond donors (Lipinski definition) is 0. The van der Waals surface area contributed by atoms with E-state index in [9.17, 15) is 18.4 Å². The molecule has 0 bridgehead atoms. The normalized spacial score (nSPS) is 12.2. The van der Waals surface area contributed by atoms with Crippen LogP contribution in [0.5, 0.6) is 0 Å². The Labute approximate surface area is 331 Å². The van der Waals surface area contributed by atoms with Crippen LogP contribution >= 0.6 is 46.4 Å². The quantitative estimate of drug-likeness (QED) is 0.131. The molecular weight excluding hydrogens is 772 g/mol. The molecule has 54 heavy (non-hydrogen) atoms. The topological polar surface area (TPSA) is 66.4 Å². The summed E-state index contributed by atoms with van der Waals surface area (Å²) in [6.45, 7) is 3.87. The van der Waals surface area contributed by atoms with Gasteiger partial charge >= 0.3 is 0 Å². The van der Waals surface area contributed by atoms with Crippen LogP contribution in [0.15, 0.2) is 122 Å². The average Bonchev–Trinajstić information content (AvgIpc) is 3.17. The van der Waals surface area contributed by atoms with Gasteiger partial charge in [-0.1, -0.05) is 82.8 Å². The Balaban J connectivity index is 1.32. The standard InChI is InChI=1S/C42H32Cl4F2N4O2/c1-25(29-8-5-17-49-21-29)52(42(54)28-7-4-10-35(48)19-28)24-32-12-15-36(44)39(40(32)46)38-16-13-30(22-50-38)26(2)51(23-31-11-14-33(43)20-37(31)45)41(53)27-6-3-9-34(47)18-27/h3-22,25-26H,23-24H2,1-2H3/t25-,26+/m0/s1. The van der Waals surface area contributed by atoms with Crippen LogP contribution in [0.4, 0.5) is 8.78 Å². The second-order valence-electron chi connectivity index (χ2n) is 12.6. The fourth-order valence-corrected chi connectivity index (χ4v) is 7.19. The molecular formula is C42H32Cl4F2N4O2. The Kier molecular flexibility index (Phi) is 12.3. The SMILES string of the molecule is C[C@H](c1ccc(-c2c(Cl)ccc(CN(C(=O)c3cccc(F)c3)[C@@H](C)c3cccnc3)c2Cl)nc1)N(Cc1ccc(Cl)cc1Cl)C(=O)c1cccc(F)c1. The highest BCUT2D eigenvalue weighted by Gasteiger charge is 2.27. The summed E-state index contributed by atoms with van der Waals surface area (Å²) in [6, 6.07) is 25.7. The van der Waals surface area contributed by atoms with Crippen LogP contribution in [-0.2, 0) is 13.1 Å². The molecule has 6 aromatic rings. The van der Waals surface area contributed by atoms with Gasteiger partial charge in [-0.25, -0.2) is 8.78 Å². The maximum Gasteiger partial charge on any atom is 0.254 e. The van der Waals surface area contributed by atoms with E-state index in [0.29, 0.717) is 43.0 Å². The van der Waals surface area contributed by atoms with Crippen LogP contribution in [0.3, 0.4) is 0 Å². The fourth-order valence-electron chi connectivity index (χ4n) is 6.10. The zero-order valence-electron chi connectivity index (χ0n) is 29.0. The van der Waals surface area contributed by atoms with E-state index in [-0.39, 0.29) is 29.2 Å². The predicted octanol–water partition coefficient (Wildman–Crippen LogP) is 11.8. The third kappa shape index (κ3) is 8.74. The van der Waals surface area contributed by atoms with Crippen molar-refractivity contribution in [3.05, 3.63) is 187 Å². The number of benzene rings is 4. The molecule has 0 radical (unpaired) electrons. The molecule has 0 aliphatic heterocycles. The first kappa shape index (κ1) is 38.9. The summed E-state index contributed by atoms with van der Waals surface area (Å²) in [5.41, 5.74) is 3.96. The number of pyridine rings is 2. The van der Waals surface area contributed by atoms with Gasteiger partial charge in [0, 0.05) is 58.4 Å². The molecule has 12 heteroatoms. The van der Waals surface area contributed by atoms with Crippen molar-refractivity contribution in [3.8, 4) is 11.3 Å². The first-order chi connectivity index (χ1) is 25.9.